The van der Waals surface area contributed by atoms with Gasteiger partial charge in [-0.1, -0.05) is 67.2 Å². The molecule has 1 saturated carbocycles. The summed E-state index contributed by atoms with van der Waals surface area (Å²) >= 11 is 12.1. The molecule has 0 heterocycles. The molecule has 1 N–H and O–H groups in total. The summed E-state index contributed by atoms with van der Waals surface area (Å²) in [5.74, 6) is 0.0464. The maximum Gasteiger partial charge on any atom is 0.261 e. The Morgan fingerprint density at radius 2 is 1.77 bits per heavy atom. The Labute approximate surface area is 193 Å². The molecule has 0 aromatic heterocycles. The van der Waals surface area contributed by atoms with Gasteiger partial charge in [0.05, 0.1) is 5.02 Å². The minimum absolute atomic E-state index is 0.116. The number of ether oxygens (including phenoxy) is 1. The summed E-state index contributed by atoms with van der Waals surface area (Å²) in [7, 11) is 0. The van der Waals surface area contributed by atoms with Crippen LogP contribution in [0.15, 0.2) is 48.5 Å². The molecular weight excluding hydrogens is 435 g/mol. The highest BCUT2D eigenvalue weighted by molar-refractivity contribution is 6.32. The minimum atomic E-state index is -0.585. The van der Waals surface area contributed by atoms with Crippen LogP contribution in [0.4, 0.5) is 0 Å². The zero-order chi connectivity index (χ0) is 22.2. The van der Waals surface area contributed by atoms with Crippen LogP contribution in [-0.2, 0) is 16.1 Å². The van der Waals surface area contributed by atoms with Crippen molar-refractivity contribution in [3.05, 3.63) is 64.1 Å². The van der Waals surface area contributed by atoms with Crippen molar-refractivity contribution in [3.8, 4) is 5.75 Å². The second kappa shape index (κ2) is 11.4. The minimum Gasteiger partial charge on any atom is -0.482 e. The fourth-order valence-corrected chi connectivity index (χ4v) is 4.17. The number of amides is 2. The second-order valence-corrected chi connectivity index (χ2v) is 8.62. The molecule has 0 radical (unpaired) electrons. The highest BCUT2D eigenvalue weighted by Crippen LogP contribution is 2.24. The van der Waals surface area contributed by atoms with E-state index in [0.717, 1.165) is 31.2 Å². The fraction of sp³-hybridized carbons (Fsp3) is 0.417. The average molecular weight is 463 g/mol. The number of halogens is 2. The van der Waals surface area contributed by atoms with Crippen LogP contribution >= 0.6 is 23.2 Å². The number of carbonyl (C=O) groups excluding carboxylic acids is 2. The summed E-state index contributed by atoms with van der Waals surface area (Å²) in [6.45, 7) is 2.00. The first-order valence-electron chi connectivity index (χ1n) is 10.7. The molecule has 2 aromatic carbocycles. The zero-order valence-corrected chi connectivity index (χ0v) is 19.2. The van der Waals surface area contributed by atoms with Gasteiger partial charge in [0.15, 0.2) is 6.61 Å². The molecular formula is C24H28Cl2N2O3. The van der Waals surface area contributed by atoms with Crippen molar-refractivity contribution in [1.82, 2.24) is 10.2 Å². The molecule has 0 aliphatic heterocycles. The molecule has 31 heavy (non-hydrogen) atoms. The van der Waals surface area contributed by atoms with E-state index >= 15 is 0 Å². The van der Waals surface area contributed by atoms with Crippen molar-refractivity contribution in [2.75, 3.05) is 6.61 Å². The van der Waals surface area contributed by atoms with E-state index in [4.69, 9.17) is 27.9 Å². The second-order valence-electron chi connectivity index (χ2n) is 7.78. The normalized spacial score (nSPS) is 14.8. The third-order valence-corrected chi connectivity index (χ3v) is 6.11. The first kappa shape index (κ1) is 23.4. The Kier molecular flexibility index (Phi) is 8.61. The van der Waals surface area contributed by atoms with Crippen LogP contribution in [0.1, 0.15) is 44.6 Å². The molecule has 166 valence electrons. The van der Waals surface area contributed by atoms with E-state index in [1.807, 2.05) is 19.1 Å². The van der Waals surface area contributed by atoms with E-state index in [1.54, 1.807) is 41.3 Å². The molecule has 0 bridgehead atoms. The number of hydrogen-bond acceptors (Lipinski definition) is 3. The van der Waals surface area contributed by atoms with Crippen molar-refractivity contribution in [1.29, 1.82) is 0 Å². The third-order valence-electron chi connectivity index (χ3n) is 5.54. The summed E-state index contributed by atoms with van der Waals surface area (Å²) in [6.07, 6.45) is 4.73. The largest absolute Gasteiger partial charge is 0.482 e. The molecule has 0 spiro atoms. The van der Waals surface area contributed by atoms with Crippen molar-refractivity contribution in [2.45, 2.75) is 57.7 Å². The highest BCUT2D eigenvalue weighted by Gasteiger charge is 2.30. The number of rotatable bonds is 9. The van der Waals surface area contributed by atoms with Gasteiger partial charge in [0.1, 0.15) is 11.8 Å². The molecule has 1 aliphatic rings. The average Bonchev–Trinajstić information content (AvgIpc) is 3.27. The summed E-state index contributed by atoms with van der Waals surface area (Å²) < 4.78 is 5.67. The predicted molar refractivity (Wildman–Crippen MR) is 123 cm³/mol. The van der Waals surface area contributed by atoms with E-state index in [2.05, 4.69) is 5.32 Å². The molecule has 1 fully saturated rings. The summed E-state index contributed by atoms with van der Waals surface area (Å²) in [6, 6.07) is 13.9. The first-order chi connectivity index (χ1) is 15.0. The fourth-order valence-electron chi connectivity index (χ4n) is 3.86. The number of nitrogens with one attached hydrogen (secondary N) is 1. The Hall–Kier alpha value is -2.24. The van der Waals surface area contributed by atoms with Crippen LogP contribution in [0.2, 0.25) is 10.0 Å². The van der Waals surface area contributed by atoms with Crippen molar-refractivity contribution >= 4 is 35.0 Å². The molecule has 0 saturated heterocycles. The van der Waals surface area contributed by atoms with Gasteiger partial charge in [0, 0.05) is 17.6 Å². The molecule has 1 unspecified atom stereocenters. The lowest BCUT2D eigenvalue weighted by Crippen LogP contribution is -2.52. The van der Waals surface area contributed by atoms with Crippen LogP contribution in [-0.4, -0.2) is 35.4 Å². The molecule has 1 aliphatic carbocycles. The topological polar surface area (TPSA) is 58.6 Å². The zero-order valence-electron chi connectivity index (χ0n) is 17.7. The van der Waals surface area contributed by atoms with Crippen LogP contribution < -0.4 is 10.1 Å². The monoisotopic (exact) mass is 462 g/mol. The number of benzene rings is 2. The maximum atomic E-state index is 13.2. The van der Waals surface area contributed by atoms with Crippen LogP contribution in [0, 0.1) is 0 Å². The van der Waals surface area contributed by atoms with Crippen LogP contribution in [0.3, 0.4) is 0 Å². The molecule has 2 aromatic rings. The van der Waals surface area contributed by atoms with E-state index in [1.165, 1.54) is 0 Å². The summed E-state index contributed by atoms with van der Waals surface area (Å²) in [4.78, 5) is 27.8. The lowest BCUT2D eigenvalue weighted by molar-refractivity contribution is -0.143. The lowest BCUT2D eigenvalue weighted by atomic mass is 10.1. The Morgan fingerprint density at radius 3 is 2.42 bits per heavy atom. The number of hydrogen-bond donors (Lipinski definition) is 1. The van der Waals surface area contributed by atoms with Crippen molar-refractivity contribution in [3.63, 3.8) is 0 Å². The third kappa shape index (κ3) is 6.62. The van der Waals surface area contributed by atoms with Crippen LogP contribution in [0.5, 0.6) is 5.75 Å². The molecule has 3 rings (SSSR count). The van der Waals surface area contributed by atoms with E-state index in [-0.39, 0.29) is 24.5 Å². The molecule has 5 nitrogen and oxygen atoms in total. The van der Waals surface area contributed by atoms with Gasteiger partial charge in [-0.25, -0.2) is 0 Å². The van der Waals surface area contributed by atoms with Gasteiger partial charge in [-0.15, -0.1) is 0 Å². The van der Waals surface area contributed by atoms with Gasteiger partial charge < -0.3 is 15.0 Å². The van der Waals surface area contributed by atoms with Gasteiger partial charge >= 0.3 is 0 Å². The first-order valence-corrected chi connectivity index (χ1v) is 11.4. The van der Waals surface area contributed by atoms with Gasteiger partial charge in [0.2, 0.25) is 5.91 Å². The van der Waals surface area contributed by atoms with Gasteiger partial charge in [0.25, 0.3) is 5.91 Å². The number of para-hydroxylation sites is 1. The van der Waals surface area contributed by atoms with Gasteiger partial charge in [-0.05, 0) is 49.1 Å². The molecule has 2 amide bonds. The Bertz CT molecular complexity index is 883. The summed E-state index contributed by atoms with van der Waals surface area (Å²) in [5, 5.41) is 4.18. The van der Waals surface area contributed by atoms with E-state index in [0.29, 0.717) is 28.8 Å². The van der Waals surface area contributed by atoms with Gasteiger partial charge in [-0.2, -0.15) is 0 Å². The Balaban J connectivity index is 1.76. The molecule has 1 atom stereocenters. The maximum absolute atomic E-state index is 13.2. The predicted octanol–water partition coefficient (Wildman–Crippen LogP) is 5.24. The van der Waals surface area contributed by atoms with E-state index < -0.39 is 6.04 Å². The van der Waals surface area contributed by atoms with E-state index in [9.17, 15) is 9.59 Å². The number of nitrogens with zero attached hydrogens (tertiary/aromatic N) is 1. The van der Waals surface area contributed by atoms with Crippen LogP contribution in [0.25, 0.3) is 0 Å². The SMILES string of the molecule is CCC(C(=O)NC1CCCC1)N(Cc1ccc(Cl)cc1)C(=O)COc1ccccc1Cl. The van der Waals surface area contributed by atoms with Crippen molar-refractivity contribution in [2.24, 2.45) is 0 Å². The Morgan fingerprint density at radius 1 is 1.10 bits per heavy atom. The van der Waals surface area contributed by atoms with Crippen molar-refractivity contribution < 1.29 is 14.3 Å². The standard InChI is InChI=1S/C24H28Cl2N2O3/c1-2-21(24(30)27-19-7-3-4-8-19)28(15-17-11-13-18(25)14-12-17)23(29)16-31-22-10-6-5-9-20(22)26/h5-6,9-14,19,21H,2-4,7-8,15-16H2,1H3,(H,27,30). The molecule has 7 heteroatoms. The van der Waals surface area contributed by atoms with Gasteiger partial charge in [-0.3, -0.25) is 9.59 Å². The highest BCUT2D eigenvalue weighted by atomic mass is 35.5. The summed E-state index contributed by atoms with van der Waals surface area (Å²) in [5.41, 5.74) is 0.891. The number of carbonyl (C=O) groups is 2. The smallest absolute Gasteiger partial charge is 0.261 e. The quantitative estimate of drug-likeness (QED) is 0.554. The lowest BCUT2D eigenvalue weighted by Gasteiger charge is -2.31.